The zero-order valence-electron chi connectivity index (χ0n) is 16.1. The Labute approximate surface area is 161 Å². The highest BCUT2D eigenvalue weighted by atomic mass is 16.5. The molecular weight excluding hydrogens is 340 g/mol. The molecule has 1 aliphatic rings. The zero-order valence-corrected chi connectivity index (χ0v) is 16.1. The molecule has 0 spiro atoms. The smallest absolute Gasteiger partial charge is 0.0926 e. The van der Waals surface area contributed by atoms with E-state index in [1.54, 1.807) is 19.5 Å². The van der Waals surface area contributed by atoms with Gasteiger partial charge in [-0.2, -0.15) is 5.10 Å². The number of para-hydroxylation sites is 1. The fourth-order valence-corrected chi connectivity index (χ4v) is 2.40. The Hall–Kier alpha value is -3.06. The molecule has 0 aliphatic carbocycles. The highest BCUT2D eigenvalue weighted by molar-refractivity contribution is 6.11. The lowest BCUT2D eigenvalue weighted by molar-refractivity contribution is 0.00827. The second kappa shape index (κ2) is 10.2. The average Bonchev–Trinajstić information content (AvgIpc) is 2.62. The van der Waals surface area contributed by atoms with Crippen molar-refractivity contribution in [2.24, 2.45) is 15.8 Å². The predicted molar refractivity (Wildman–Crippen MR) is 112 cm³/mol. The summed E-state index contributed by atoms with van der Waals surface area (Å²) in [5, 5.41) is 7.45. The molecule has 1 fully saturated rings. The van der Waals surface area contributed by atoms with Crippen LogP contribution in [-0.2, 0) is 4.74 Å². The number of likely N-dealkylation sites (tertiary alicyclic amines) is 1. The molecule has 0 bridgehead atoms. The average molecular weight is 368 g/mol. The van der Waals surface area contributed by atoms with Crippen LogP contribution in [0.25, 0.3) is 0 Å². The minimum absolute atomic E-state index is 0.300. The number of allylic oxidation sites excluding steroid dienone is 2. The number of anilines is 1. The molecule has 0 atom stereocenters. The molecule has 1 heterocycles. The van der Waals surface area contributed by atoms with Gasteiger partial charge in [0, 0.05) is 32.6 Å². The maximum Gasteiger partial charge on any atom is 0.0926 e. The van der Waals surface area contributed by atoms with Gasteiger partial charge in [0.15, 0.2) is 0 Å². The molecule has 0 unspecified atom stereocenters. The number of methoxy groups -OCH3 is 1. The third-order valence-corrected chi connectivity index (χ3v) is 4.00. The Bertz CT molecular complexity index is 745. The monoisotopic (exact) mass is 368 g/mol. The number of nitrogens with two attached hydrogens (primary N) is 1. The van der Waals surface area contributed by atoms with E-state index < -0.39 is 0 Å². The molecule has 0 aromatic heterocycles. The highest BCUT2D eigenvalue weighted by Crippen LogP contribution is 2.12. The number of hydrogen-bond acceptors (Lipinski definition) is 6. The van der Waals surface area contributed by atoms with Crippen LogP contribution in [-0.4, -0.2) is 43.3 Å². The minimum atomic E-state index is 0.300. The second-order valence-corrected chi connectivity index (χ2v) is 6.32. The quantitative estimate of drug-likeness (QED) is 0.354. The third kappa shape index (κ3) is 6.63. The van der Waals surface area contributed by atoms with E-state index in [9.17, 15) is 0 Å². The molecule has 7 heteroatoms. The fourth-order valence-electron chi connectivity index (χ4n) is 2.40. The fraction of sp³-hybridized carbons (Fsp3) is 0.300. The Morgan fingerprint density at radius 2 is 1.96 bits per heavy atom. The summed E-state index contributed by atoms with van der Waals surface area (Å²) in [6, 6.07) is 9.77. The lowest BCUT2D eigenvalue weighted by atomic mass is 10.1. The maximum absolute atomic E-state index is 5.58. The van der Waals surface area contributed by atoms with Crippen molar-refractivity contribution in [3.8, 4) is 0 Å². The van der Waals surface area contributed by atoms with E-state index in [2.05, 4.69) is 32.3 Å². The molecule has 1 aromatic carbocycles. The first-order chi connectivity index (χ1) is 13.0. The predicted octanol–water partition coefficient (Wildman–Crippen LogP) is 2.64. The number of aliphatic imine (C=N–C) groups is 1. The van der Waals surface area contributed by atoms with Gasteiger partial charge in [-0.15, -0.1) is 0 Å². The van der Waals surface area contributed by atoms with Gasteiger partial charge in [-0.1, -0.05) is 24.8 Å². The maximum atomic E-state index is 5.58. The number of ether oxygens (including phenoxy) is 1. The Balaban J connectivity index is 2.12. The topological polar surface area (TPSA) is 87.3 Å². The number of benzene rings is 1. The van der Waals surface area contributed by atoms with E-state index in [1.165, 1.54) is 0 Å². The van der Waals surface area contributed by atoms with E-state index in [4.69, 9.17) is 10.5 Å². The van der Waals surface area contributed by atoms with Crippen molar-refractivity contribution < 1.29 is 4.74 Å². The van der Waals surface area contributed by atoms with Gasteiger partial charge in [0.1, 0.15) is 0 Å². The molecular formula is C20H28N6O. The first-order valence-corrected chi connectivity index (χ1v) is 8.73. The Morgan fingerprint density at radius 3 is 2.59 bits per heavy atom. The van der Waals surface area contributed by atoms with Gasteiger partial charge in [0.25, 0.3) is 0 Å². The van der Waals surface area contributed by atoms with Crippen LogP contribution in [0.5, 0.6) is 0 Å². The van der Waals surface area contributed by atoms with Crippen LogP contribution in [0.15, 0.2) is 76.4 Å². The highest BCUT2D eigenvalue weighted by Gasteiger charge is 2.23. The van der Waals surface area contributed by atoms with E-state index in [0.29, 0.717) is 11.9 Å². The first-order valence-electron chi connectivity index (χ1n) is 8.73. The van der Waals surface area contributed by atoms with Gasteiger partial charge in [-0.3, -0.25) is 5.43 Å². The van der Waals surface area contributed by atoms with Crippen LogP contribution in [0.1, 0.15) is 13.8 Å². The summed E-state index contributed by atoms with van der Waals surface area (Å²) in [6.45, 7) is 9.28. The van der Waals surface area contributed by atoms with Crippen molar-refractivity contribution in [2.75, 3.05) is 25.6 Å². The van der Waals surface area contributed by atoms with Crippen LogP contribution >= 0.6 is 0 Å². The molecule has 2 rings (SSSR count). The molecule has 1 aromatic rings. The number of hydrogen-bond donors (Lipinski definition) is 3. The van der Waals surface area contributed by atoms with E-state index in [1.807, 2.05) is 50.5 Å². The normalized spacial score (nSPS) is 16.4. The van der Waals surface area contributed by atoms with E-state index in [0.717, 1.165) is 35.6 Å². The van der Waals surface area contributed by atoms with Gasteiger partial charge in [0.05, 0.1) is 29.7 Å². The molecule has 0 radical (unpaired) electrons. The summed E-state index contributed by atoms with van der Waals surface area (Å²) in [5.41, 5.74) is 12.1. The molecule has 4 N–H and O–H groups in total. The summed E-state index contributed by atoms with van der Waals surface area (Å²) >= 11 is 0. The molecule has 7 nitrogen and oxygen atoms in total. The number of hydrazone groups is 1. The molecule has 1 aliphatic heterocycles. The van der Waals surface area contributed by atoms with Gasteiger partial charge in [-0.05, 0) is 37.1 Å². The van der Waals surface area contributed by atoms with Crippen molar-refractivity contribution in [3.63, 3.8) is 0 Å². The number of nitrogens with zero attached hydrogens (tertiary/aromatic N) is 3. The van der Waals surface area contributed by atoms with Gasteiger partial charge >= 0.3 is 0 Å². The molecule has 1 saturated heterocycles. The van der Waals surface area contributed by atoms with E-state index >= 15 is 0 Å². The summed E-state index contributed by atoms with van der Waals surface area (Å²) < 4.78 is 5.26. The summed E-state index contributed by atoms with van der Waals surface area (Å²) in [6.07, 6.45) is 5.68. The summed E-state index contributed by atoms with van der Waals surface area (Å²) in [4.78, 5) is 6.50. The van der Waals surface area contributed by atoms with Gasteiger partial charge in [0.2, 0.25) is 0 Å². The van der Waals surface area contributed by atoms with Crippen LogP contribution in [0.4, 0.5) is 5.69 Å². The first kappa shape index (κ1) is 20.3. The molecule has 144 valence electrons. The van der Waals surface area contributed by atoms with Crippen LogP contribution in [0.3, 0.4) is 0 Å². The minimum Gasteiger partial charge on any atom is -0.386 e. The summed E-state index contributed by atoms with van der Waals surface area (Å²) in [5.74, 6) is 0.370. The SMILES string of the molecule is C=C(N)N/C=C(C)/C(=N\Nc1ccccc1)C(/C)=C/N=C/N1CC(OC)C1. The summed E-state index contributed by atoms with van der Waals surface area (Å²) in [7, 11) is 1.73. The zero-order chi connectivity index (χ0) is 19.6. The van der Waals surface area contributed by atoms with Gasteiger partial charge < -0.3 is 20.7 Å². The van der Waals surface area contributed by atoms with Crippen LogP contribution in [0, 0.1) is 0 Å². The lowest BCUT2D eigenvalue weighted by Gasteiger charge is -2.36. The van der Waals surface area contributed by atoms with E-state index in [-0.39, 0.29) is 0 Å². The Kier molecular flexibility index (Phi) is 7.63. The third-order valence-electron chi connectivity index (χ3n) is 4.00. The van der Waals surface area contributed by atoms with Crippen LogP contribution in [0.2, 0.25) is 0 Å². The molecule has 0 saturated carbocycles. The van der Waals surface area contributed by atoms with Crippen molar-refractivity contribution in [3.05, 3.63) is 66.3 Å². The largest absolute Gasteiger partial charge is 0.386 e. The molecule has 27 heavy (non-hydrogen) atoms. The number of nitrogens with one attached hydrogen (secondary N) is 2. The lowest BCUT2D eigenvalue weighted by Crippen LogP contribution is -2.50. The standard InChI is InChI=1S/C20H28N6O/c1-15(10-22-14-26-12-19(13-26)27-4)20(16(2)11-23-17(3)21)25-24-18-8-6-5-7-9-18/h5-11,14,19,23-24H,3,12-13,21H2,1-2,4H3/b15-10+,16-11+,22-14+,25-20-. The van der Waals surface area contributed by atoms with Crippen molar-refractivity contribution >= 4 is 17.7 Å². The van der Waals surface area contributed by atoms with Crippen LogP contribution < -0.4 is 16.5 Å². The van der Waals surface area contributed by atoms with Crippen molar-refractivity contribution in [2.45, 2.75) is 20.0 Å². The molecule has 0 amide bonds. The van der Waals surface area contributed by atoms with Crippen molar-refractivity contribution in [1.29, 1.82) is 0 Å². The van der Waals surface area contributed by atoms with Crippen molar-refractivity contribution in [1.82, 2.24) is 10.2 Å². The number of rotatable bonds is 9. The second-order valence-electron chi connectivity index (χ2n) is 6.32. The van der Waals surface area contributed by atoms with Gasteiger partial charge in [-0.25, -0.2) is 4.99 Å². The Morgan fingerprint density at radius 1 is 1.26 bits per heavy atom.